The van der Waals surface area contributed by atoms with Gasteiger partial charge in [-0.05, 0) is 49.2 Å². The van der Waals surface area contributed by atoms with E-state index in [1.807, 2.05) is 0 Å². The van der Waals surface area contributed by atoms with Gasteiger partial charge in [-0.3, -0.25) is 9.62 Å². The van der Waals surface area contributed by atoms with E-state index < -0.39 is 34.0 Å². The molecule has 1 saturated heterocycles. The largest absolute Gasteiger partial charge is 0.490 e. The molecule has 4 rings (SSSR count). The molecule has 1 aliphatic heterocycles. The Hall–Kier alpha value is -3.10. The lowest BCUT2D eigenvalue weighted by atomic mass is 9.94. The van der Waals surface area contributed by atoms with Gasteiger partial charge in [0.1, 0.15) is 10.7 Å². The third kappa shape index (κ3) is 8.21. The molecule has 2 aliphatic rings. The molecule has 1 saturated carbocycles. The van der Waals surface area contributed by atoms with Gasteiger partial charge < -0.3 is 15.1 Å². The van der Waals surface area contributed by atoms with Crippen molar-refractivity contribution in [3.8, 4) is 0 Å². The van der Waals surface area contributed by atoms with Gasteiger partial charge in [0.15, 0.2) is 0 Å². The summed E-state index contributed by atoms with van der Waals surface area (Å²) in [5, 5.41) is 16.6. The summed E-state index contributed by atoms with van der Waals surface area (Å²) >= 11 is 5.89. The molecule has 0 radical (unpaired) electrons. The van der Waals surface area contributed by atoms with Gasteiger partial charge in [0, 0.05) is 37.9 Å². The Kier molecular flexibility index (Phi) is 10.2. The Morgan fingerprint density at radius 1 is 0.950 bits per heavy atom. The second-order valence-electron chi connectivity index (χ2n) is 9.33. The topological polar surface area (TPSA) is 127 Å². The number of alkyl halides is 3. The van der Waals surface area contributed by atoms with Crippen LogP contribution in [0.2, 0.25) is 5.02 Å². The molecule has 0 bridgehead atoms. The first-order valence-electron chi connectivity index (χ1n) is 12.3. The zero-order chi connectivity index (χ0) is 29.7. The molecule has 15 heteroatoms. The second-order valence-corrected chi connectivity index (χ2v) is 11.4. The standard InChI is InChI=1S/C23H27ClFN3O4S.C2HF3O2/c24-20-14-16(25)6-9-22(20)33(31,32)26-21-8-7-18(15-19(21)23(29)30)28-12-10-27(11-13-28)17-4-2-1-3-5-17;3-2(4,5)1(6)7/h6-9,14-15,17,26H,1-5,10-13H2,(H,29,30);(H,6,7). The van der Waals surface area contributed by atoms with Gasteiger partial charge >= 0.3 is 18.1 Å². The molecule has 0 spiro atoms. The van der Waals surface area contributed by atoms with Crippen LogP contribution >= 0.6 is 11.6 Å². The minimum Gasteiger partial charge on any atom is -0.478 e. The average Bonchev–Trinajstić information content (AvgIpc) is 2.89. The van der Waals surface area contributed by atoms with E-state index in [0.717, 1.165) is 50.1 Å². The van der Waals surface area contributed by atoms with Crippen LogP contribution in [0.4, 0.5) is 28.9 Å². The maximum Gasteiger partial charge on any atom is 0.490 e. The van der Waals surface area contributed by atoms with Crippen molar-refractivity contribution in [1.82, 2.24) is 4.90 Å². The van der Waals surface area contributed by atoms with Gasteiger partial charge in [-0.15, -0.1) is 0 Å². The first-order valence-corrected chi connectivity index (χ1v) is 14.2. The van der Waals surface area contributed by atoms with E-state index in [1.54, 1.807) is 6.07 Å². The van der Waals surface area contributed by atoms with E-state index >= 15 is 0 Å². The first-order chi connectivity index (χ1) is 18.7. The molecule has 40 heavy (non-hydrogen) atoms. The summed E-state index contributed by atoms with van der Waals surface area (Å²) in [6.07, 6.45) is 1.30. The number of rotatable bonds is 6. The lowest BCUT2D eigenvalue weighted by molar-refractivity contribution is -0.192. The third-order valence-corrected chi connectivity index (χ3v) is 8.52. The highest BCUT2D eigenvalue weighted by Crippen LogP contribution is 2.30. The maximum atomic E-state index is 13.3. The van der Waals surface area contributed by atoms with E-state index in [0.29, 0.717) is 6.04 Å². The Morgan fingerprint density at radius 2 is 1.55 bits per heavy atom. The third-order valence-electron chi connectivity index (χ3n) is 6.67. The van der Waals surface area contributed by atoms with Crippen LogP contribution in [0.3, 0.4) is 0 Å². The maximum absolute atomic E-state index is 13.3. The summed E-state index contributed by atoms with van der Waals surface area (Å²) in [5.74, 6) is -4.67. The number of carbonyl (C=O) groups is 2. The molecular formula is C25H28ClF4N3O6S. The molecular weight excluding hydrogens is 582 g/mol. The molecule has 2 fully saturated rings. The molecule has 2 aromatic carbocycles. The van der Waals surface area contributed by atoms with Gasteiger partial charge in [-0.2, -0.15) is 13.2 Å². The van der Waals surface area contributed by atoms with Crippen LogP contribution in [0, 0.1) is 5.82 Å². The van der Waals surface area contributed by atoms with Crippen LogP contribution in [0.1, 0.15) is 42.5 Å². The fourth-order valence-corrected chi connectivity index (χ4v) is 6.29. The summed E-state index contributed by atoms with van der Waals surface area (Å²) < 4.78 is 72.8. The lowest BCUT2D eigenvalue weighted by Crippen LogP contribution is -2.50. The smallest absolute Gasteiger partial charge is 0.478 e. The van der Waals surface area contributed by atoms with Crippen molar-refractivity contribution in [2.75, 3.05) is 35.8 Å². The molecule has 0 atom stereocenters. The number of nitrogens with one attached hydrogen (secondary N) is 1. The predicted molar refractivity (Wildman–Crippen MR) is 140 cm³/mol. The van der Waals surface area contributed by atoms with Gasteiger partial charge in [0.25, 0.3) is 10.0 Å². The number of carboxylic acid groups (broad SMARTS) is 2. The highest BCUT2D eigenvalue weighted by Gasteiger charge is 2.38. The molecule has 1 aliphatic carbocycles. The molecule has 1 heterocycles. The number of anilines is 2. The van der Waals surface area contributed by atoms with Crippen molar-refractivity contribution in [2.24, 2.45) is 0 Å². The molecule has 9 nitrogen and oxygen atoms in total. The predicted octanol–water partition coefficient (Wildman–Crippen LogP) is 5.07. The van der Waals surface area contributed by atoms with E-state index in [-0.39, 0.29) is 21.2 Å². The molecule has 3 N–H and O–H groups in total. The number of aliphatic carboxylic acids is 1. The summed E-state index contributed by atoms with van der Waals surface area (Å²) in [5.41, 5.74) is 0.495. The molecule has 0 amide bonds. The van der Waals surface area contributed by atoms with E-state index in [4.69, 9.17) is 21.5 Å². The number of hydrogen-bond acceptors (Lipinski definition) is 6. The highest BCUT2D eigenvalue weighted by atomic mass is 35.5. The van der Waals surface area contributed by atoms with Crippen molar-refractivity contribution in [2.45, 2.75) is 49.2 Å². The number of piperazine rings is 1. The Labute approximate surface area is 233 Å². The van der Waals surface area contributed by atoms with Crippen LogP contribution in [-0.4, -0.2) is 73.9 Å². The number of nitrogens with zero attached hydrogens (tertiary/aromatic N) is 2. The number of halogens is 5. The summed E-state index contributed by atoms with van der Waals surface area (Å²) in [6, 6.07) is 8.21. The number of aromatic carboxylic acids is 1. The van der Waals surface area contributed by atoms with Crippen LogP contribution < -0.4 is 9.62 Å². The number of hydrogen-bond donors (Lipinski definition) is 3. The lowest BCUT2D eigenvalue weighted by Gasteiger charge is -2.41. The SMILES string of the molecule is O=C(O)C(F)(F)F.O=C(O)c1cc(N2CCN(C3CCCCC3)CC2)ccc1NS(=O)(=O)c1ccc(F)cc1Cl. The number of benzene rings is 2. The summed E-state index contributed by atoms with van der Waals surface area (Å²) in [4.78, 5) is 25.1. The van der Waals surface area contributed by atoms with Crippen LogP contribution in [0.25, 0.3) is 0 Å². The number of carboxylic acids is 2. The van der Waals surface area contributed by atoms with Crippen LogP contribution in [0.15, 0.2) is 41.3 Å². The first kappa shape index (κ1) is 31.4. The van der Waals surface area contributed by atoms with Gasteiger partial charge in [-0.1, -0.05) is 30.9 Å². The van der Waals surface area contributed by atoms with Crippen LogP contribution in [0.5, 0.6) is 0 Å². The van der Waals surface area contributed by atoms with Crippen molar-refractivity contribution < 1.29 is 45.8 Å². The fourth-order valence-electron chi connectivity index (χ4n) is 4.68. The minimum absolute atomic E-state index is 0.0764. The number of sulfonamides is 1. The monoisotopic (exact) mass is 609 g/mol. The summed E-state index contributed by atoms with van der Waals surface area (Å²) in [6.45, 7) is 3.41. The molecule has 2 aromatic rings. The Morgan fingerprint density at radius 3 is 2.08 bits per heavy atom. The van der Waals surface area contributed by atoms with E-state index in [9.17, 15) is 35.9 Å². The van der Waals surface area contributed by atoms with Crippen LogP contribution in [-0.2, 0) is 14.8 Å². The molecule has 0 aromatic heterocycles. The fraction of sp³-hybridized carbons (Fsp3) is 0.440. The Balaban J connectivity index is 0.000000559. The zero-order valence-electron chi connectivity index (χ0n) is 21.1. The van der Waals surface area contributed by atoms with Crippen molar-refractivity contribution >= 4 is 44.9 Å². The van der Waals surface area contributed by atoms with Crippen molar-refractivity contribution in [3.63, 3.8) is 0 Å². The van der Waals surface area contributed by atoms with Crippen molar-refractivity contribution in [3.05, 3.63) is 52.8 Å². The van der Waals surface area contributed by atoms with Gasteiger partial charge in [0.05, 0.1) is 16.3 Å². The molecule has 220 valence electrons. The summed E-state index contributed by atoms with van der Waals surface area (Å²) in [7, 11) is -4.21. The van der Waals surface area contributed by atoms with Crippen molar-refractivity contribution in [1.29, 1.82) is 0 Å². The zero-order valence-corrected chi connectivity index (χ0v) is 22.7. The second kappa shape index (κ2) is 13.0. The quantitative estimate of drug-likeness (QED) is 0.388. The minimum atomic E-state index is -5.08. The highest BCUT2D eigenvalue weighted by molar-refractivity contribution is 7.92. The Bertz CT molecular complexity index is 1330. The van der Waals surface area contributed by atoms with E-state index in [2.05, 4.69) is 14.5 Å². The van der Waals surface area contributed by atoms with Gasteiger partial charge in [-0.25, -0.2) is 22.4 Å². The normalized spacial score (nSPS) is 17.1. The van der Waals surface area contributed by atoms with Gasteiger partial charge in [0.2, 0.25) is 0 Å². The van der Waals surface area contributed by atoms with E-state index in [1.165, 1.54) is 44.2 Å². The molecule has 0 unspecified atom stereocenters. The average molecular weight is 610 g/mol.